The Hall–Kier alpha value is -1.14. The molecule has 0 spiro atoms. The summed E-state index contributed by atoms with van der Waals surface area (Å²) >= 11 is 0. The Balaban J connectivity index is 4.34. The monoisotopic (exact) mass is 822 g/mol. The average molecular weight is 822 g/mol. The number of carbonyl (C=O) groups excluding carboxylic acids is 2. The fraction of sp³-hybridized carbons (Fsp3) is 0.962. The molecule has 0 rings (SSSR count). The Morgan fingerprint density at radius 3 is 1.05 bits per heavy atom. The lowest BCUT2D eigenvalue weighted by molar-refractivity contribution is -0.151. The molecule has 3 N–H and O–H groups in total. The standard InChI is InChI=1S/C52H103NO5/c1-4-7-10-13-16-19-21-23-25-26-27-29-31-33-36-39-42-45-52(57)58-48(43-40-37-34-18-15-12-9-6-3)46-51(56)53-49(47-54)50(55)44-41-38-35-32-30-28-24-22-20-17-14-11-8-5-2/h48-50,54-55H,4-47H2,1-3H3,(H,53,56). The SMILES string of the molecule is CCCCCCCCCCCCCCCCCCCC(=O)OC(CCCCCCCCCC)CC(=O)NC(CO)C(O)CCCCCCCCCCCCCCCC. The van der Waals surface area contributed by atoms with Gasteiger partial charge in [-0.1, -0.05) is 258 Å². The van der Waals surface area contributed by atoms with Gasteiger partial charge >= 0.3 is 5.97 Å². The van der Waals surface area contributed by atoms with Gasteiger partial charge in [0.1, 0.15) is 6.10 Å². The molecule has 0 aromatic carbocycles. The number of aliphatic hydroxyl groups excluding tert-OH is 2. The van der Waals surface area contributed by atoms with Crippen LogP contribution in [-0.2, 0) is 14.3 Å². The van der Waals surface area contributed by atoms with Crippen molar-refractivity contribution in [3.63, 3.8) is 0 Å². The van der Waals surface area contributed by atoms with Crippen LogP contribution in [0.2, 0.25) is 0 Å². The zero-order chi connectivity index (χ0) is 42.4. The van der Waals surface area contributed by atoms with E-state index >= 15 is 0 Å². The Morgan fingerprint density at radius 2 is 0.724 bits per heavy atom. The van der Waals surface area contributed by atoms with Gasteiger partial charge in [0.2, 0.25) is 5.91 Å². The van der Waals surface area contributed by atoms with Crippen LogP contribution in [0.5, 0.6) is 0 Å². The maximum atomic E-state index is 13.1. The highest BCUT2D eigenvalue weighted by Gasteiger charge is 2.24. The number of ether oxygens (including phenoxy) is 1. The largest absolute Gasteiger partial charge is 0.462 e. The van der Waals surface area contributed by atoms with Gasteiger partial charge in [0.05, 0.1) is 25.2 Å². The van der Waals surface area contributed by atoms with Crippen LogP contribution in [0.1, 0.15) is 297 Å². The first kappa shape index (κ1) is 56.9. The lowest BCUT2D eigenvalue weighted by Crippen LogP contribution is -2.46. The van der Waals surface area contributed by atoms with Crippen molar-refractivity contribution in [2.75, 3.05) is 6.61 Å². The molecule has 0 bridgehead atoms. The highest BCUT2D eigenvalue weighted by molar-refractivity contribution is 5.77. The lowest BCUT2D eigenvalue weighted by atomic mass is 10.0. The van der Waals surface area contributed by atoms with Crippen LogP contribution in [0.15, 0.2) is 0 Å². The van der Waals surface area contributed by atoms with Crippen molar-refractivity contribution >= 4 is 11.9 Å². The highest BCUT2D eigenvalue weighted by atomic mass is 16.5. The van der Waals surface area contributed by atoms with Crippen LogP contribution < -0.4 is 5.32 Å². The van der Waals surface area contributed by atoms with Gasteiger partial charge in [-0.15, -0.1) is 0 Å². The van der Waals surface area contributed by atoms with Crippen LogP contribution in [0.4, 0.5) is 0 Å². The molecule has 0 fully saturated rings. The number of unbranched alkanes of at least 4 members (excludes halogenated alkanes) is 36. The maximum absolute atomic E-state index is 13.1. The fourth-order valence-electron chi connectivity index (χ4n) is 8.43. The van der Waals surface area contributed by atoms with E-state index in [0.29, 0.717) is 19.3 Å². The summed E-state index contributed by atoms with van der Waals surface area (Å²) in [6, 6.07) is -0.691. The molecule has 3 atom stereocenters. The van der Waals surface area contributed by atoms with Crippen molar-refractivity contribution in [1.82, 2.24) is 5.32 Å². The third-order valence-corrected chi connectivity index (χ3v) is 12.4. The van der Waals surface area contributed by atoms with Gasteiger partial charge in [-0.2, -0.15) is 0 Å². The molecule has 6 nitrogen and oxygen atoms in total. The van der Waals surface area contributed by atoms with Gasteiger partial charge in [-0.25, -0.2) is 0 Å². The first-order valence-corrected chi connectivity index (χ1v) is 26.3. The molecule has 0 heterocycles. The maximum Gasteiger partial charge on any atom is 0.306 e. The van der Waals surface area contributed by atoms with E-state index in [4.69, 9.17) is 4.74 Å². The van der Waals surface area contributed by atoms with E-state index in [-0.39, 0.29) is 24.9 Å². The number of carbonyl (C=O) groups is 2. The van der Waals surface area contributed by atoms with Crippen LogP contribution in [-0.4, -0.2) is 46.9 Å². The summed E-state index contributed by atoms with van der Waals surface area (Å²) in [5, 5.41) is 23.7. The molecule has 0 aromatic heterocycles. The normalized spacial score (nSPS) is 13.1. The number of hydrogen-bond acceptors (Lipinski definition) is 5. The van der Waals surface area contributed by atoms with E-state index < -0.39 is 18.2 Å². The second-order valence-corrected chi connectivity index (χ2v) is 18.3. The molecule has 0 aliphatic rings. The van der Waals surface area contributed by atoms with Crippen LogP contribution in [0.25, 0.3) is 0 Å². The van der Waals surface area contributed by atoms with E-state index in [0.717, 1.165) is 38.5 Å². The van der Waals surface area contributed by atoms with Gasteiger partial charge in [0.15, 0.2) is 0 Å². The van der Waals surface area contributed by atoms with Gasteiger partial charge < -0.3 is 20.3 Å². The Morgan fingerprint density at radius 1 is 0.431 bits per heavy atom. The summed E-state index contributed by atoms with van der Waals surface area (Å²) in [4.78, 5) is 26.0. The third-order valence-electron chi connectivity index (χ3n) is 12.4. The molecule has 0 aliphatic carbocycles. The van der Waals surface area contributed by atoms with Crippen LogP contribution in [0.3, 0.4) is 0 Å². The molecule has 0 saturated heterocycles. The van der Waals surface area contributed by atoms with Crippen molar-refractivity contribution in [3.05, 3.63) is 0 Å². The minimum atomic E-state index is -0.778. The van der Waals surface area contributed by atoms with Gasteiger partial charge in [0.25, 0.3) is 0 Å². The number of esters is 1. The average Bonchev–Trinajstić information content (AvgIpc) is 3.22. The molecule has 58 heavy (non-hydrogen) atoms. The molecule has 1 amide bonds. The van der Waals surface area contributed by atoms with E-state index in [9.17, 15) is 19.8 Å². The van der Waals surface area contributed by atoms with Crippen LogP contribution in [0, 0.1) is 0 Å². The fourth-order valence-corrected chi connectivity index (χ4v) is 8.43. The first-order valence-electron chi connectivity index (χ1n) is 26.3. The lowest BCUT2D eigenvalue weighted by Gasteiger charge is -2.24. The minimum Gasteiger partial charge on any atom is -0.462 e. The summed E-state index contributed by atoms with van der Waals surface area (Å²) < 4.78 is 5.92. The molecule has 0 aromatic rings. The van der Waals surface area contributed by atoms with Gasteiger partial charge in [0, 0.05) is 6.42 Å². The summed E-state index contributed by atoms with van der Waals surface area (Å²) in [6.45, 7) is 6.49. The molecule has 0 radical (unpaired) electrons. The zero-order valence-electron chi connectivity index (χ0n) is 39.5. The second kappa shape index (κ2) is 46.9. The Kier molecular flexibility index (Phi) is 46.0. The number of aliphatic hydroxyl groups is 2. The Labute approximate surface area is 362 Å². The van der Waals surface area contributed by atoms with Crippen molar-refractivity contribution in [3.8, 4) is 0 Å². The molecular weight excluding hydrogens is 719 g/mol. The summed E-state index contributed by atoms with van der Waals surface area (Å²) in [5.41, 5.74) is 0. The number of rotatable bonds is 48. The number of amides is 1. The predicted molar refractivity (Wildman–Crippen MR) is 250 cm³/mol. The van der Waals surface area contributed by atoms with Gasteiger partial charge in [-0.3, -0.25) is 9.59 Å². The molecule has 3 unspecified atom stereocenters. The topological polar surface area (TPSA) is 95.9 Å². The molecule has 0 aliphatic heterocycles. The van der Waals surface area contributed by atoms with E-state index in [2.05, 4.69) is 26.1 Å². The van der Waals surface area contributed by atoms with Gasteiger partial charge in [-0.05, 0) is 25.7 Å². The zero-order valence-corrected chi connectivity index (χ0v) is 39.5. The van der Waals surface area contributed by atoms with Crippen LogP contribution >= 0.6 is 0 Å². The number of nitrogens with one attached hydrogen (secondary N) is 1. The molecular formula is C52H103NO5. The van der Waals surface area contributed by atoms with Crippen molar-refractivity contribution in [1.29, 1.82) is 0 Å². The molecule has 0 saturated carbocycles. The first-order chi connectivity index (χ1) is 28.5. The quantitative estimate of drug-likeness (QED) is 0.0420. The number of hydrogen-bond donors (Lipinski definition) is 3. The van der Waals surface area contributed by atoms with E-state index in [1.807, 2.05) is 0 Å². The van der Waals surface area contributed by atoms with E-state index in [1.165, 1.54) is 212 Å². The highest BCUT2D eigenvalue weighted by Crippen LogP contribution is 2.19. The third kappa shape index (κ3) is 41.6. The Bertz CT molecular complexity index is 837. The molecule has 346 valence electrons. The minimum absolute atomic E-state index is 0.0867. The van der Waals surface area contributed by atoms with Crippen molar-refractivity contribution in [2.45, 2.75) is 315 Å². The predicted octanol–water partition coefficient (Wildman–Crippen LogP) is 15.6. The summed E-state index contributed by atoms with van der Waals surface area (Å²) in [5.74, 6) is -0.455. The summed E-state index contributed by atoms with van der Waals surface area (Å²) in [6.07, 6.45) is 50.3. The van der Waals surface area contributed by atoms with E-state index in [1.54, 1.807) is 0 Å². The molecule has 6 heteroatoms. The second-order valence-electron chi connectivity index (χ2n) is 18.3. The smallest absolute Gasteiger partial charge is 0.306 e. The van der Waals surface area contributed by atoms with Crippen molar-refractivity contribution < 1.29 is 24.5 Å². The summed E-state index contributed by atoms with van der Waals surface area (Å²) in [7, 11) is 0. The van der Waals surface area contributed by atoms with Crippen molar-refractivity contribution in [2.24, 2.45) is 0 Å².